The molecule has 2 aliphatic rings. The van der Waals surface area contributed by atoms with E-state index in [0.29, 0.717) is 11.4 Å². The van der Waals surface area contributed by atoms with Crippen LogP contribution in [0.15, 0.2) is 36.8 Å². The number of amides is 1. The van der Waals surface area contributed by atoms with Gasteiger partial charge < -0.3 is 9.47 Å². The predicted molar refractivity (Wildman–Crippen MR) is 111 cm³/mol. The first-order chi connectivity index (χ1) is 15.5. The second-order valence-corrected chi connectivity index (χ2v) is 8.60. The van der Waals surface area contributed by atoms with Crippen LogP contribution in [0.1, 0.15) is 59.9 Å². The Morgan fingerprint density at radius 1 is 1.12 bits per heavy atom. The van der Waals surface area contributed by atoms with Crippen molar-refractivity contribution in [2.75, 3.05) is 0 Å². The van der Waals surface area contributed by atoms with Gasteiger partial charge in [-0.3, -0.25) is 4.79 Å². The Hall–Kier alpha value is -3.43. The van der Waals surface area contributed by atoms with Crippen molar-refractivity contribution < 1.29 is 13.6 Å². The minimum Gasteiger partial charge on any atom is -0.349 e. The van der Waals surface area contributed by atoms with Crippen molar-refractivity contribution >= 4 is 22.7 Å². The highest BCUT2D eigenvalue weighted by Gasteiger charge is 2.46. The number of piperidine rings is 1. The lowest BCUT2D eigenvalue weighted by Crippen LogP contribution is -2.48. The molecule has 6 rings (SSSR count). The molecule has 0 N–H and O–H groups in total. The van der Waals surface area contributed by atoms with Crippen molar-refractivity contribution in [2.45, 2.75) is 50.1 Å². The van der Waals surface area contributed by atoms with Gasteiger partial charge in [-0.05, 0) is 49.9 Å². The largest absolute Gasteiger partial charge is 0.349 e. The number of hydrogen-bond acceptors (Lipinski definition) is 5. The third-order valence-corrected chi connectivity index (χ3v) is 6.92. The lowest BCUT2D eigenvalue weighted by molar-refractivity contribution is 0.0548. The molecule has 1 unspecified atom stereocenters. The molecule has 1 amide bonds. The van der Waals surface area contributed by atoms with Crippen molar-refractivity contribution in [1.82, 2.24) is 34.0 Å². The average molecular weight is 437 g/mol. The molecule has 3 atom stereocenters. The fourth-order valence-corrected chi connectivity index (χ4v) is 5.45. The van der Waals surface area contributed by atoms with Gasteiger partial charge in [0.15, 0.2) is 0 Å². The summed E-state index contributed by atoms with van der Waals surface area (Å²) in [5, 5.41) is 4.22. The first-order valence-electron chi connectivity index (χ1n) is 10.7. The van der Waals surface area contributed by atoms with Crippen molar-refractivity contribution in [3.63, 3.8) is 0 Å². The number of hydrogen-bond donors (Lipinski definition) is 0. The number of carbonyl (C=O) groups excluding carboxylic acids is 1. The molecule has 2 bridgehead atoms. The van der Waals surface area contributed by atoms with E-state index in [0.717, 1.165) is 36.7 Å². The molecule has 32 heavy (non-hydrogen) atoms. The number of halogens is 2. The van der Waals surface area contributed by atoms with E-state index < -0.39 is 6.43 Å². The maximum atomic E-state index is 13.6. The second kappa shape index (κ2) is 7.04. The molecule has 164 valence electrons. The molecule has 0 aromatic carbocycles. The van der Waals surface area contributed by atoms with E-state index in [1.807, 2.05) is 34.8 Å². The highest BCUT2D eigenvalue weighted by atomic mass is 19.3. The van der Waals surface area contributed by atoms with E-state index in [4.69, 9.17) is 0 Å². The number of alkyl halides is 2. The van der Waals surface area contributed by atoms with Crippen LogP contribution < -0.4 is 0 Å². The third-order valence-electron chi connectivity index (χ3n) is 6.92. The van der Waals surface area contributed by atoms with Gasteiger partial charge in [-0.25, -0.2) is 23.3 Å². The van der Waals surface area contributed by atoms with Gasteiger partial charge in [0.1, 0.15) is 17.7 Å². The Bertz CT molecular complexity index is 1350. The van der Waals surface area contributed by atoms with Gasteiger partial charge >= 0.3 is 0 Å². The summed E-state index contributed by atoms with van der Waals surface area (Å²) in [6.07, 6.45) is 3.86. The summed E-state index contributed by atoms with van der Waals surface area (Å²) in [6.45, 7) is 0. The zero-order valence-corrected chi connectivity index (χ0v) is 17.4. The molecule has 0 saturated carbocycles. The fourth-order valence-electron chi connectivity index (χ4n) is 5.45. The van der Waals surface area contributed by atoms with Crippen LogP contribution in [0.2, 0.25) is 0 Å². The van der Waals surface area contributed by atoms with Crippen molar-refractivity contribution in [3.8, 4) is 0 Å². The van der Waals surface area contributed by atoms with E-state index in [1.54, 1.807) is 6.07 Å². The summed E-state index contributed by atoms with van der Waals surface area (Å²) < 4.78 is 30.5. The molecule has 4 aromatic rings. The summed E-state index contributed by atoms with van der Waals surface area (Å²) in [5.74, 6) is -0.0687. The standard InChI is InChI=1S/C22H21F2N7O/c1-29-9-8-14-18(29)7-5-15(27-14)21(32)30-12-2-4-13(17(30)6-3-12)19-10-16(20(23)24)28-22-25-11-26-31(19)22/h5,7-13,17,20H,2-4,6H2,1H3/t12-,13-,17?/m0/s1. The molecular formula is C22H21F2N7O. The van der Waals surface area contributed by atoms with Gasteiger partial charge in [-0.2, -0.15) is 10.1 Å². The van der Waals surface area contributed by atoms with Crippen LogP contribution in [0.4, 0.5) is 8.78 Å². The van der Waals surface area contributed by atoms with E-state index in [-0.39, 0.29) is 35.4 Å². The first-order valence-corrected chi connectivity index (χ1v) is 10.7. The molecule has 0 spiro atoms. The lowest BCUT2D eigenvalue weighted by Gasteiger charge is -2.40. The maximum absolute atomic E-state index is 13.6. The number of fused-ring (bicyclic) bond motifs is 4. The van der Waals surface area contributed by atoms with Gasteiger partial charge in [-0.15, -0.1) is 0 Å². The van der Waals surface area contributed by atoms with Gasteiger partial charge in [-0.1, -0.05) is 0 Å². The van der Waals surface area contributed by atoms with Crippen molar-refractivity contribution in [3.05, 3.63) is 53.9 Å². The molecule has 6 heterocycles. The van der Waals surface area contributed by atoms with Crippen LogP contribution in [0, 0.1) is 0 Å². The van der Waals surface area contributed by atoms with E-state index >= 15 is 0 Å². The average Bonchev–Trinajstić information content (AvgIpc) is 3.49. The quantitative estimate of drug-likeness (QED) is 0.490. The maximum Gasteiger partial charge on any atom is 0.280 e. The SMILES string of the molecule is Cn1ccc2nc(C(=O)N3C4CC[C@@H]3CC[C@@H]4c3cc(C(F)F)nc4ncnn34)ccc21. The fraction of sp³-hybridized carbons (Fsp3) is 0.409. The molecule has 4 aromatic heterocycles. The van der Waals surface area contributed by atoms with Crippen LogP contribution in [-0.2, 0) is 7.05 Å². The third kappa shape index (κ3) is 2.81. The smallest absolute Gasteiger partial charge is 0.280 e. The lowest BCUT2D eigenvalue weighted by atomic mass is 9.86. The van der Waals surface area contributed by atoms with Crippen LogP contribution >= 0.6 is 0 Å². The molecule has 0 radical (unpaired) electrons. The van der Waals surface area contributed by atoms with Crippen molar-refractivity contribution in [2.24, 2.45) is 7.05 Å². The van der Waals surface area contributed by atoms with Gasteiger partial charge in [0.25, 0.3) is 18.1 Å². The molecule has 2 fully saturated rings. The zero-order valence-electron chi connectivity index (χ0n) is 17.4. The molecule has 10 heteroatoms. The Balaban J connectivity index is 1.39. The highest BCUT2D eigenvalue weighted by Crippen LogP contribution is 2.45. The van der Waals surface area contributed by atoms with E-state index in [1.165, 1.54) is 16.9 Å². The minimum atomic E-state index is -2.70. The number of pyridine rings is 1. The van der Waals surface area contributed by atoms with E-state index in [9.17, 15) is 13.6 Å². The Labute approximate surface area is 181 Å². The second-order valence-electron chi connectivity index (χ2n) is 8.60. The van der Waals surface area contributed by atoms with Crippen LogP contribution in [0.5, 0.6) is 0 Å². The van der Waals surface area contributed by atoms with E-state index in [2.05, 4.69) is 20.1 Å². The summed E-state index contributed by atoms with van der Waals surface area (Å²) in [7, 11) is 1.94. The number of nitrogens with zero attached hydrogens (tertiary/aromatic N) is 7. The molecule has 0 aliphatic carbocycles. The predicted octanol–water partition coefficient (Wildman–Crippen LogP) is 3.50. The summed E-state index contributed by atoms with van der Waals surface area (Å²) in [6, 6.07) is 7.03. The van der Waals surface area contributed by atoms with Crippen LogP contribution in [0.3, 0.4) is 0 Å². The number of aromatic nitrogens is 6. The molecule has 2 aliphatic heterocycles. The normalized spacial score (nSPS) is 23.0. The summed E-state index contributed by atoms with van der Waals surface area (Å²) >= 11 is 0. The number of rotatable bonds is 3. The van der Waals surface area contributed by atoms with Crippen LogP contribution in [0.25, 0.3) is 16.8 Å². The Morgan fingerprint density at radius 2 is 1.97 bits per heavy atom. The minimum absolute atomic E-state index is 0.102. The molecule has 8 nitrogen and oxygen atoms in total. The first kappa shape index (κ1) is 19.3. The number of aryl methyl sites for hydroxylation is 1. The number of carbonyl (C=O) groups is 1. The Morgan fingerprint density at radius 3 is 2.81 bits per heavy atom. The monoisotopic (exact) mass is 437 g/mol. The molecular weight excluding hydrogens is 416 g/mol. The summed E-state index contributed by atoms with van der Waals surface area (Å²) in [4.78, 5) is 28.0. The van der Waals surface area contributed by atoms with Gasteiger partial charge in [0, 0.05) is 31.2 Å². The van der Waals surface area contributed by atoms with Gasteiger partial charge in [0.05, 0.1) is 16.7 Å². The van der Waals surface area contributed by atoms with Crippen molar-refractivity contribution in [1.29, 1.82) is 0 Å². The molecule has 2 saturated heterocycles. The topological polar surface area (TPSA) is 81.2 Å². The van der Waals surface area contributed by atoms with Gasteiger partial charge in [0.2, 0.25) is 0 Å². The Kier molecular flexibility index (Phi) is 4.24. The zero-order chi connectivity index (χ0) is 22.0. The van der Waals surface area contributed by atoms with Crippen LogP contribution in [-0.4, -0.2) is 52.0 Å². The highest BCUT2D eigenvalue weighted by molar-refractivity contribution is 5.95. The summed E-state index contributed by atoms with van der Waals surface area (Å²) in [5.41, 5.74) is 2.48.